The Balaban J connectivity index is 2.10. The first kappa shape index (κ1) is 14.4. The normalized spacial score (nSPS) is 12.1. The van der Waals surface area contributed by atoms with Crippen molar-refractivity contribution in [2.75, 3.05) is 19.0 Å². The Morgan fingerprint density at radius 2 is 2.15 bits per heavy atom. The zero-order valence-corrected chi connectivity index (χ0v) is 12.0. The number of nitro benzene ring substituents is 1. The number of hydrogen-bond donors (Lipinski definition) is 1. The molecule has 1 atom stereocenters. The van der Waals surface area contributed by atoms with Gasteiger partial charge in [0.1, 0.15) is 0 Å². The van der Waals surface area contributed by atoms with Crippen LogP contribution >= 0.6 is 11.3 Å². The number of methoxy groups -OCH3 is 1. The first-order chi connectivity index (χ1) is 9.60. The van der Waals surface area contributed by atoms with Crippen molar-refractivity contribution < 1.29 is 9.66 Å². The van der Waals surface area contributed by atoms with Gasteiger partial charge in [0.05, 0.1) is 17.2 Å². The van der Waals surface area contributed by atoms with E-state index in [1.807, 2.05) is 12.3 Å². The molecule has 0 amide bonds. The van der Waals surface area contributed by atoms with Crippen molar-refractivity contribution >= 4 is 22.2 Å². The number of ether oxygens (including phenoxy) is 1. The average Bonchev–Trinajstić information content (AvgIpc) is 2.87. The zero-order valence-electron chi connectivity index (χ0n) is 11.2. The molecule has 1 heterocycles. The number of nitro groups is 1. The van der Waals surface area contributed by atoms with Crippen LogP contribution < -0.4 is 5.32 Å². The zero-order chi connectivity index (χ0) is 14.5. The lowest BCUT2D eigenvalue weighted by Gasteiger charge is -2.10. The molecule has 0 unspecified atom stereocenters. The van der Waals surface area contributed by atoms with Crippen molar-refractivity contribution in [2.24, 2.45) is 0 Å². The van der Waals surface area contributed by atoms with Gasteiger partial charge >= 0.3 is 0 Å². The van der Waals surface area contributed by atoms with Crippen LogP contribution in [0.25, 0.3) is 11.3 Å². The molecule has 0 aliphatic rings. The van der Waals surface area contributed by atoms with Crippen LogP contribution in [0, 0.1) is 10.1 Å². The summed E-state index contributed by atoms with van der Waals surface area (Å²) >= 11 is 1.50. The third-order valence-electron chi connectivity index (χ3n) is 2.66. The smallest absolute Gasteiger partial charge is 0.269 e. The van der Waals surface area contributed by atoms with Crippen molar-refractivity contribution in [2.45, 2.75) is 13.0 Å². The van der Waals surface area contributed by atoms with E-state index < -0.39 is 4.92 Å². The van der Waals surface area contributed by atoms with Crippen LogP contribution in [0.2, 0.25) is 0 Å². The number of hydrogen-bond acceptors (Lipinski definition) is 6. The van der Waals surface area contributed by atoms with E-state index in [1.165, 1.54) is 23.5 Å². The number of aromatic nitrogens is 1. The molecule has 0 radical (unpaired) electrons. The van der Waals surface area contributed by atoms with Crippen LogP contribution in [0.15, 0.2) is 29.6 Å². The van der Waals surface area contributed by atoms with Crippen LogP contribution in [-0.4, -0.2) is 29.7 Å². The second-order valence-corrected chi connectivity index (χ2v) is 5.20. The van der Waals surface area contributed by atoms with Crippen molar-refractivity contribution in [3.63, 3.8) is 0 Å². The quantitative estimate of drug-likeness (QED) is 0.654. The third-order valence-corrected chi connectivity index (χ3v) is 3.44. The predicted molar refractivity (Wildman–Crippen MR) is 79.2 cm³/mol. The Morgan fingerprint density at radius 1 is 1.45 bits per heavy atom. The van der Waals surface area contributed by atoms with E-state index in [0.717, 1.165) is 16.4 Å². The maximum Gasteiger partial charge on any atom is 0.269 e. The molecule has 20 heavy (non-hydrogen) atoms. The lowest BCUT2D eigenvalue weighted by molar-refractivity contribution is -0.384. The van der Waals surface area contributed by atoms with Crippen LogP contribution in [0.5, 0.6) is 0 Å². The molecule has 2 rings (SSSR count). The van der Waals surface area contributed by atoms with E-state index in [4.69, 9.17) is 4.74 Å². The SMILES string of the molecule is COC[C@@H](C)Nc1nc(-c2ccc([N+](=O)[O-])cc2)cs1. The van der Waals surface area contributed by atoms with Gasteiger partial charge in [-0.1, -0.05) is 0 Å². The Kier molecular flexibility index (Phi) is 4.65. The highest BCUT2D eigenvalue weighted by atomic mass is 32.1. The van der Waals surface area contributed by atoms with Crippen molar-refractivity contribution in [3.8, 4) is 11.3 Å². The molecule has 1 aromatic heterocycles. The second kappa shape index (κ2) is 6.44. The minimum atomic E-state index is -0.412. The molecular formula is C13H15N3O3S. The molecule has 2 aromatic rings. The summed E-state index contributed by atoms with van der Waals surface area (Å²) in [6.45, 7) is 2.61. The number of rotatable bonds is 6. The average molecular weight is 293 g/mol. The van der Waals surface area contributed by atoms with E-state index in [9.17, 15) is 10.1 Å². The minimum absolute atomic E-state index is 0.0797. The molecule has 0 bridgehead atoms. The molecule has 7 heteroatoms. The number of nitrogens with zero attached hydrogens (tertiary/aromatic N) is 2. The van der Waals surface area contributed by atoms with Gasteiger partial charge in [0.2, 0.25) is 0 Å². The molecule has 1 aromatic carbocycles. The largest absolute Gasteiger partial charge is 0.383 e. The molecule has 1 N–H and O–H groups in total. The molecule has 6 nitrogen and oxygen atoms in total. The number of non-ortho nitro benzene ring substituents is 1. The van der Waals surface area contributed by atoms with Gasteiger partial charge in [0.25, 0.3) is 5.69 Å². The fraction of sp³-hybridized carbons (Fsp3) is 0.308. The maximum absolute atomic E-state index is 10.6. The summed E-state index contributed by atoms with van der Waals surface area (Å²) in [6, 6.07) is 6.55. The van der Waals surface area contributed by atoms with E-state index in [2.05, 4.69) is 10.3 Å². The molecule has 0 aliphatic heterocycles. The Bertz CT molecular complexity index is 583. The monoisotopic (exact) mass is 293 g/mol. The first-order valence-corrected chi connectivity index (χ1v) is 6.94. The van der Waals surface area contributed by atoms with Crippen LogP contribution in [0.3, 0.4) is 0 Å². The summed E-state index contributed by atoms with van der Waals surface area (Å²) in [5.74, 6) is 0. The van der Waals surface area contributed by atoms with Gasteiger partial charge in [-0.15, -0.1) is 11.3 Å². The Labute approximate surface area is 120 Å². The summed E-state index contributed by atoms with van der Waals surface area (Å²) in [5, 5.41) is 16.6. The summed E-state index contributed by atoms with van der Waals surface area (Å²) in [7, 11) is 1.66. The van der Waals surface area contributed by atoms with Gasteiger partial charge in [-0.25, -0.2) is 4.98 Å². The van der Waals surface area contributed by atoms with Gasteiger partial charge in [-0.05, 0) is 19.1 Å². The lowest BCUT2D eigenvalue weighted by atomic mass is 10.1. The second-order valence-electron chi connectivity index (χ2n) is 4.34. The summed E-state index contributed by atoms with van der Waals surface area (Å²) in [6.07, 6.45) is 0. The minimum Gasteiger partial charge on any atom is -0.383 e. The third kappa shape index (κ3) is 3.52. The fourth-order valence-corrected chi connectivity index (χ4v) is 2.56. The summed E-state index contributed by atoms with van der Waals surface area (Å²) in [4.78, 5) is 14.7. The molecule has 0 fully saturated rings. The molecule has 0 saturated carbocycles. The summed E-state index contributed by atoms with van der Waals surface area (Å²) < 4.78 is 5.05. The molecule has 106 valence electrons. The predicted octanol–water partition coefficient (Wildman–Crippen LogP) is 3.17. The first-order valence-electron chi connectivity index (χ1n) is 6.06. The summed E-state index contributed by atoms with van der Waals surface area (Å²) in [5.41, 5.74) is 1.74. The van der Waals surface area contributed by atoms with Crippen molar-refractivity contribution in [1.29, 1.82) is 0 Å². The number of anilines is 1. The molecule has 0 spiro atoms. The van der Waals surface area contributed by atoms with Gasteiger partial charge in [0, 0.05) is 36.2 Å². The van der Waals surface area contributed by atoms with Crippen molar-refractivity contribution in [3.05, 3.63) is 39.8 Å². The molecule has 0 aliphatic carbocycles. The molecular weight excluding hydrogens is 278 g/mol. The van der Waals surface area contributed by atoms with Crippen LogP contribution in [0.4, 0.5) is 10.8 Å². The Hall–Kier alpha value is -1.99. The highest BCUT2D eigenvalue weighted by Gasteiger charge is 2.09. The topological polar surface area (TPSA) is 77.3 Å². The van der Waals surface area contributed by atoms with E-state index in [0.29, 0.717) is 6.61 Å². The van der Waals surface area contributed by atoms with Crippen LogP contribution in [0.1, 0.15) is 6.92 Å². The van der Waals surface area contributed by atoms with E-state index in [1.54, 1.807) is 19.2 Å². The standard InChI is InChI=1S/C13H15N3O3S/c1-9(7-19-2)14-13-15-12(8-20-13)10-3-5-11(6-4-10)16(17)18/h3-6,8-9H,7H2,1-2H3,(H,14,15)/t9-/m1/s1. The number of benzene rings is 1. The fourth-order valence-electron chi connectivity index (χ4n) is 1.73. The van der Waals surface area contributed by atoms with Gasteiger partial charge < -0.3 is 10.1 Å². The number of nitrogens with one attached hydrogen (secondary N) is 1. The van der Waals surface area contributed by atoms with Gasteiger partial charge in [-0.3, -0.25) is 10.1 Å². The highest BCUT2D eigenvalue weighted by molar-refractivity contribution is 7.14. The highest BCUT2D eigenvalue weighted by Crippen LogP contribution is 2.26. The van der Waals surface area contributed by atoms with E-state index in [-0.39, 0.29) is 11.7 Å². The maximum atomic E-state index is 10.6. The van der Waals surface area contributed by atoms with Crippen molar-refractivity contribution in [1.82, 2.24) is 4.98 Å². The Morgan fingerprint density at radius 3 is 2.75 bits per heavy atom. The van der Waals surface area contributed by atoms with E-state index >= 15 is 0 Å². The molecule has 0 saturated heterocycles. The lowest BCUT2D eigenvalue weighted by Crippen LogP contribution is -2.20. The van der Waals surface area contributed by atoms with Gasteiger partial charge in [-0.2, -0.15) is 0 Å². The van der Waals surface area contributed by atoms with Crippen LogP contribution in [-0.2, 0) is 4.74 Å². The number of thiazole rings is 1. The van der Waals surface area contributed by atoms with Gasteiger partial charge in [0.15, 0.2) is 5.13 Å².